The minimum Gasteiger partial charge on any atom is -0.485 e. The van der Waals surface area contributed by atoms with Gasteiger partial charge in [-0.15, -0.1) is 11.3 Å². The molecule has 0 radical (unpaired) electrons. The second-order valence-electron chi connectivity index (χ2n) is 5.87. The first-order valence-electron chi connectivity index (χ1n) is 8.30. The van der Waals surface area contributed by atoms with Gasteiger partial charge in [-0.05, 0) is 30.7 Å². The van der Waals surface area contributed by atoms with Gasteiger partial charge >= 0.3 is 0 Å². The molecular formula is C19H16N4O3S. The second kappa shape index (κ2) is 7.55. The van der Waals surface area contributed by atoms with E-state index >= 15 is 0 Å². The van der Waals surface area contributed by atoms with E-state index in [1.165, 1.54) is 0 Å². The van der Waals surface area contributed by atoms with Crippen LogP contribution in [0.1, 0.15) is 26.8 Å². The van der Waals surface area contributed by atoms with Crippen LogP contribution in [0.2, 0.25) is 0 Å². The highest BCUT2D eigenvalue weighted by Gasteiger charge is 2.13. The Morgan fingerprint density at radius 1 is 1.30 bits per heavy atom. The molecule has 1 amide bonds. The lowest BCUT2D eigenvalue weighted by atomic mass is 10.3. The second-order valence-corrected chi connectivity index (χ2v) is 7.11. The fourth-order valence-corrected chi connectivity index (χ4v) is 3.34. The fourth-order valence-electron chi connectivity index (χ4n) is 2.53. The Morgan fingerprint density at radius 3 is 3.07 bits per heavy atom. The van der Waals surface area contributed by atoms with Crippen LogP contribution in [-0.2, 0) is 13.2 Å². The van der Waals surface area contributed by atoms with Crippen LogP contribution in [0.5, 0.6) is 5.75 Å². The number of carbonyl (C=O) groups excluding carboxylic acids is 1. The van der Waals surface area contributed by atoms with Gasteiger partial charge in [0.15, 0.2) is 11.5 Å². The first-order valence-corrected chi connectivity index (χ1v) is 9.12. The maximum Gasteiger partial charge on any atom is 0.273 e. The van der Waals surface area contributed by atoms with E-state index in [-0.39, 0.29) is 18.2 Å². The van der Waals surface area contributed by atoms with E-state index in [0.29, 0.717) is 18.1 Å². The summed E-state index contributed by atoms with van der Waals surface area (Å²) in [6.45, 7) is 2.52. The Morgan fingerprint density at radius 2 is 2.22 bits per heavy atom. The molecule has 136 valence electrons. The van der Waals surface area contributed by atoms with Crippen LogP contribution in [0, 0.1) is 6.92 Å². The molecule has 0 spiro atoms. The third kappa shape index (κ3) is 4.12. The number of aryl methyl sites for hydroxylation is 1. The van der Waals surface area contributed by atoms with Crippen LogP contribution in [0.15, 0.2) is 53.3 Å². The summed E-state index contributed by atoms with van der Waals surface area (Å²) >= 11 is 1.64. The molecule has 4 aromatic rings. The van der Waals surface area contributed by atoms with E-state index in [9.17, 15) is 4.79 Å². The van der Waals surface area contributed by atoms with E-state index in [1.54, 1.807) is 29.8 Å². The molecule has 4 rings (SSSR count). The molecule has 0 aliphatic rings. The lowest BCUT2D eigenvalue weighted by molar-refractivity contribution is 0.0941. The van der Waals surface area contributed by atoms with E-state index in [4.69, 9.17) is 9.26 Å². The van der Waals surface area contributed by atoms with E-state index in [2.05, 4.69) is 20.4 Å². The Bertz CT molecular complexity index is 1070. The van der Waals surface area contributed by atoms with Gasteiger partial charge in [0.05, 0.1) is 15.2 Å². The number of ether oxygens (including phenoxy) is 1. The molecule has 0 aliphatic heterocycles. The third-order valence-electron chi connectivity index (χ3n) is 3.81. The molecule has 0 atom stereocenters. The summed E-state index contributed by atoms with van der Waals surface area (Å²) < 4.78 is 12.0. The molecule has 0 saturated heterocycles. The minimum atomic E-state index is -0.312. The lowest BCUT2D eigenvalue weighted by Crippen LogP contribution is -2.23. The number of benzene rings is 1. The van der Waals surface area contributed by atoms with Gasteiger partial charge in [-0.2, -0.15) is 0 Å². The van der Waals surface area contributed by atoms with Gasteiger partial charge in [0.25, 0.3) is 5.91 Å². The zero-order valence-electron chi connectivity index (χ0n) is 14.5. The monoisotopic (exact) mass is 380 g/mol. The number of nitrogens with one attached hydrogen (secondary N) is 1. The standard InChI is InChI=1S/C19H16N4O3S/c1-12-22-16-7-14(4-5-18(16)27-12)25-11-15-8-17(23-26-15)19(24)21-10-13-3-2-6-20-9-13/h2-9H,10-11H2,1H3,(H,21,24). The number of amides is 1. The molecule has 0 aliphatic carbocycles. The Kier molecular flexibility index (Phi) is 4.80. The van der Waals surface area contributed by atoms with Crippen molar-refractivity contribution in [2.45, 2.75) is 20.1 Å². The Balaban J connectivity index is 1.35. The average molecular weight is 380 g/mol. The fraction of sp³-hybridized carbons (Fsp3) is 0.158. The summed E-state index contributed by atoms with van der Waals surface area (Å²) in [6, 6.07) is 11.0. The largest absolute Gasteiger partial charge is 0.485 e. The third-order valence-corrected chi connectivity index (χ3v) is 4.77. The van der Waals surface area contributed by atoms with Crippen LogP contribution in [-0.4, -0.2) is 21.0 Å². The lowest BCUT2D eigenvalue weighted by Gasteiger charge is -2.03. The van der Waals surface area contributed by atoms with Crippen molar-refractivity contribution >= 4 is 27.5 Å². The number of rotatable bonds is 6. The zero-order valence-corrected chi connectivity index (χ0v) is 15.3. The van der Waals surface area contributed by atoms with Gasteiger partial charge in [-0.3, -0.25) is 9.78 Å². The molecule has 7 nitrogen and oxygen atoms in total. The summed E-state index contributed by atoms with van der Waals surface area (Å²) in [6.07, 6.45) is 3.38. The average Bonchev–Trinajstić information content (AvgIpc) is 3.30. The number of fused-ring (bicyclic) bond motifs is 1. The molecule has 3 aromatic heterocycles. The van der Waals surface area contributed by atoms with Crippen molar-refractivity contribution in [3.8, 4) is 5.75 Å². The molecule has 1 aromatic carbocycles. The van der Waals surface area contributed by atoms with Crippen LogP contribution in [0.3, 0.4) is 0 Å². The Labute approximate surface area is 159 Å². The van der Waals surface area contributed by atoms with Crippen molar-refractivity contribution in [1.82, 2.24) is 20.4 Å². The highest BCUT2D eigenvalue weighted by atomic mass is 32.1. The molecule has 0 saturated carbocycles. The summed E-state index contributed by atoms with van der Waals surface area (Å²) in [5, 5.41) is 7.59. The maximum absolute atomic E-state index is 12.2. The molecule has 8 heteroatoms. The van der Waals surface area contributed by atoms with Crippen molar-refractivity contribution in [2.24, 2.45) is 0 Å². The van der Waals surface area contributed by atoms with Crippen LogP contribution in [0.25, 0.3) is 10.2 Å². The van der Waals surface area contributed by atoms with Crippen LogP contribution in [0.4, 0.5) is 0 Å². The molecule has 0 fully saturated rings. The topological polar surface area (TPSA) is 90.1 Å². The van der Waals surface area contributed by atoms with Gasteiger partial charge in [0, 0.05) is 31.1 Å². The summed E-state index contributed by atoms with van der Waals surface area (Å²) in [7, 11) is 0. The van der Waals surface area contributed by atoms with Gasteiger partial charge in [0.1, 0.15) is 12.4 Å². The minimum absolute atomic E-state index is 0.178. The van der Waals surface area contributed by atoms with Crippen molar-refractivity contribution in [3.05, 3.63) is 70.8 Å². The zero-order chi connectivity index (χ0) is 18.6. The molecular weight excluding hydrogens is 364 g/mol. The molecule has 0 bridgehead atoms. The van der Waals surface area contributed by atoms with E-state index in [1.807, 2.05) is 37.3 Å². The van der Waals surface area contributed by atoms with E-state index in [0.717, 1.165) is 20.8 Å². The van der Waals surface area contributed by atoms with Gasteiger partial charge in [0.2, 0.25) is 0 Å². The Hall–Kier alpha value is -3.26. The number of pyridine rings is 1. The summed E-state index contributed by atoms with van der Waals surface area (Å²) in [4.78, 5) is 20.6. The number of carbonyl (C=O) groups is 1. The molecule has 3 heterocycles. The number of nitrogens with zero attached hydrogens (tertiary/aromatic N) is 3. The highest BCUT2D eigenvalue weighted by Crippen LogP contribution is 2.26. The van der Waals surface area contributed by atoms with E-state index < -0.39 is 0 Å². The van der Waals surface area contributed by atoms with Gasteiger partial charge < -0.3 is 14.6 Å². The quantitative estimate of drug-likeness (QED) is 0.551. The normalized spacial score (nSPS) is 10.9. The number of hydrogen-bond donors (Lipinski definition) is 1. The predicted molar refractivity (Wildman–Crippen MR) is 101 cm³/mol. The summed E-state index contributed by atoms with van der Waals surface area (Å²) in [5.41, 5.74) is 2.02. The number of hydrogen-bond acceptors (Lipinski definition) is 7. The number of thiazole rings is 1. The molecule has 0 unspecified atom stereocenters. The van der Waals surface area contributed by atoms with Crippen molar-refractivity contribution in [1.29, 1.82) is 0 Å². The smallest absolute Gasteiger partial charge is 0.273 e. The van der Waals surface area contributed by atoms with Gasteiger partial charge in [-0.1, -0.05) is 11.2 Å². The first-order chi connectivity index (χ1) is 13.2. The van der Waals surface area contributed by atoms with Crippen LogP contribution < -0.4 is 10.1 Å². The predicted octanol–water partition coefficient (Wildman–Crippen LogP) is 3.50. The van der Waals surface area contributed by atoms with Crippen molar-refractivity contribution < 1.29 is 14.1 Å². The first kappa shape index (κ1) is 17.2. The van der Waals surface area contributed by atoms with Crippen LogP contribution >= 0.6 is 11.3 Å². The SMILES string of the molecule is Cc1nc2cc(OCc3cc(C(=O)NCc4cccnc4)no3)ccc2s1. The highest BCUT2D eigenvalue weighted by molar-refractivity contribution is 7.18. The van der Waals surface area contributed by atoms with Gasteiger partial charge in [-0.25, -0.2) is 4.98 Å². The molecule has 27 heavy (non-hydrogen) atoms. The summed E-state index contributed by atoms with van der Waals surface area (Å²) in [5.74, 6) is 0.844. The maximum atomic E-state index is 12.2. The number of aromatic nitrogens is 3. The van der Waals surface area contributed by atoms with Crippen molar-refractivity contribution in [2.75, 3.05) is 0 Å². The van der Waals surface area contributed by atoms with Crippen molar-refractivity contribution in [3.63, 3.8) is 0 Å². The molecule has 1 N–H and O–H groups in total.